The van der Waals surface area contributed by atoms with Gasteiger partial charge in [0.15, 0.2) is 0 Å². The summed E-state index contributed by atoms with van der Waals surface area (Å²) >= 11 is 0. The Hall–Kier alpha value is -5.68. The lowest BCUT2D eigenvalue weighted by Gasteiger charge is -2.40. The van der Waals surface area contributed by atoms with E-state index in [1.54, 1.807) is 0 Å². The predicted octanol–water partition coefficient (Wildman–Crippen LogP) is 12.1. The van der Waals surface area contributed by atoms with Crippen molar-refractivity contribution in [2.45, 2.75) is 64.7 Å². The minimum Gasteiger partial charge on any atom is -0.355 e. The molecule has 3 aliphatic heterocycles. The van der Waals surface area contributed by atoms with Crippen LogP contribution in [-0.4, -0.2) is 32.0 Å². The van der Waals surface area contributed by atoms with Crippen molar-refractivity contribution >= 4 is 55.9 Å². The number of fused-ring (bicyclic) bond motifs is 7. The SMILES string of the molecule is CN1CN(c2cc(C(C)(C)C)cc(C3(C)c4cc(N5CN(C)c6ccccc65)ccc4-n4c5ccc(C(C)(C)C)cc5c5cccc3c54)c2)c2ccccc21. The third-order valence-corrected chi connectivity index (χ3v) is 12.8. The molecule has 276 valence electrons. The van der Waals surface area contributed by atoms with E-state index in [9.17, 15) is 0 Å². The van der Waals surface area contributed by atoms with Crippen LogP contribution in [0.4, 0.5) is 34.1 Å². The van der Waals surface area contributed by atoms with Crippen molar-refractivity contribution in [3.05, 3.63) is 149 Å². The topological polar surface area (TPSA) is 17.9 Å². The van der Waals surface area contributed by atoms with Crippen molar-refractivity contribution < 1.29 is 0 Å². The first-order valence-corrected chi connectivity index (χ1v) is 19.8. The van der Waals surface area contributed by atoms with E-state index in [2.05, 4.69) is 208 Å². The van der Waals surface area contributed by atoms with Crippen LogP contribution in [0.25, 0.3) is 27.5 Å². The van der Waals surface area contributed by atoms with E-state index in [-0.39, 0.29) is 10.8 Å². The molecule has 0 radical (unpaired) electrons. The molecule has 0 bridgehead atoms. The summed E-state index contributed by atoms with van der Waals surface area (Å²) in [7, 11) is 4.39. The Morgan fingerprint density at radius 2 is 1.11 bits per heavy atom. The second-order valence-electron chi connectivity index (χ2n) is 18.4. The molecule has 5 heteroatoms. The number of nitrogens with zero attached hydrogens (tertiary/aromatic N) is 5. The molecule has 3 aliphatic rings. The molecule has 0 spiro atoms. The van der Waals surface area contributed by atoms with Gasteiger partial charge in [0.05, 0.1) is 52.8 Å². The van der Waals surface area contributed by atoms with Crippen molar-refractivity contribution in [2.75, 3.05) is 47.0 Å². The van der Waals surface area contributed by atoms with E-state index in [0.717, 1.165) is 13.3 Å². The van der Waals surface area contributed by atoms with Gasteiger partial charge in [0, 0.05) is 41.7 Å². The van der Waals surface area contributed by atoms with Crippen LogP contribution in [0.5, 0.6) is 0 Å². The molecule has 0 fully saturated rings. The van der Waals surface area contributed by atoms with E-state index < -0.39 is 5.41 Å². The number of aromatic nitrogens is 1. The maximum Gasteiger partial charge on any atom is 0.0950 e. The molecule has 0 saturated heterocycles. The Balaban J connectivity index is 1.28. The van der Waals surface area contributed by atoms with Crippen LogP contribution in [0, 0.1) is 0 Å². The average Bonchev–Trinajstić information content (AvgIpc) is 3.82. The molecule has 1 unspecified atom stereocenters. The number of hydrogen-bond acceptors (Lipinski definition) is 4. The van der Waals surface area contributed by atoms with Crippen molar-refractivity contribution in [2.24, 2.45) is 0 Å². The number of rotatable bonds is 3. The normalized spacial score (nSPS) is 17.7. The summed E-state index contributed by atoms with van der Waals surface area (Å²) in [5.41, 5.74) is 17.5. The molecule has 1 aromatic heterocycles. The lowest BCUT2D eigenvalue weighted by Crippen LogP contribution is -2.33. The highest BCUT2D eigenvalue weighted by molar-refractivity contribution is 6.12. The van der Waals surface area contributed by atoms with Crippen molar-refractivity contribution in [3.8, 4) is 5.69 Å². The van der Waals surface area contributed by atoms with Crippen LogP contribution < -0.4 is 19.6 Å². The Morgan fingerprint density at radius 3 is 1.75 bits per heavy atom. The van der Waals surface area contributed by atoms with Gasteiger partial charge in [-0.3, -0.25) is 0 Å². The quantitative estimate of drug-likeness (QED) is 0.181. The molecule has 7 aromatic rings. The summed E-state index contributed by atoms with van der Waals surface area (Å²) < 4.78 is 2.57. The van der Waals surface area contributed by atoms with Crippen LogP contribution in [0.2, 0.25) is 0 Å². The molecular formula is C50H51N5. The van der Waals surface area contributed by atoms with Gasteiger partial charge in [-0.05, 0) is 112 Å². The zero-order chi connectivity index (χ0) is 38.2. The second kappa shape index (κ2) is 11.4. The fraction of sp³-hybridized carbons (Fsp3) is 0.280. The summed E-state index contributed by atoms with van der Waals surface area (Å²) in [5.74, 6) is 0. The molecule has 0 aliphatic carbocycles. The van der Waals surface area contributed by atoms with Gasteiger partial charge in [-0.2, -0.15) is 0 Å². The van der Waals surface area contributed by atoms with Crippen LogP contribution in [-0.2, 0) is 16.2 Å². The predicted molar refractivity (Wildman–Crippen MR) is 234 cm³/mol. The first-order valence-electron chi connectivity index (χ1n) is 19.8. The number of hydrogen-bond donors (Lipinski definition) is 0. The highest BCUT2D eigenvalue weighted by atomic mass is 15.4. The highest BCUT2D eigenvalue weighted by Crippen LogP contribution is 2.54. The maximum atomic E-state index is 2.57. The number of benzene rings is 6. The van der Waals surface area contributed by atoms with Gasteiger partial charge < -0.3 is 24.2 Å². The van der Waals surface area contributed by atoms with Gasteiger partial charge in [-0.25, -0.2) is 0 Å². The molecule has 55 heavy (non-hydrogen) atoms. The van der Waals surface area contributed by atoms with Crippen molar-refractivity contribution in [1.29, 1.82) is 0 Å². The third kappa shape index (κ3) is 4.84. The van der Waals surface area contributed by atoms with Gasteiger partial charge in [0.1, 0.15) is 0 Å². The van der Waals surface area contributed by atoms with Crippen LogP contribution in [0.1, 0.15) is 76.3 Å². The second-order valence-corrected chi connectivity index (χ2v) is 18.4. The van der Waals surface area contributed by atoms with E-state index in [1.165, 1.54) is 89.4 Å². The monoisotopic (exact) mass is 721 g/mol. The molecule has 0 amide bonds. The molecule has 0 saturated carbocycles. The maximum absolute atomic E-state index is 2.57. The molecule has 0 N–H and O–H groups in total. The van der Waals surface area contributed by atoms with Crippen LogP contribution >= 0.6 is 0 Å². The lowest BCUT2D eigenvalue weighted by atomic mass is 9.67. The molecule has 1 atom stereocenters. The van der Waals surface area contributed by atoms with E-state index in [0.29, 0.717) is 0 Å². The van der Waals surface area contributed by atoms with Gasteiger partial charge >= 0.3 is 0 Å². The molecular weight excluding hydrogens is 671 g/mol. The lowest BCUT2D eigenvalue weighted by molar-refractivity contribution is 0.585. The van der Waals surface area contributed by atoms with Crippen LogP contribution in [0.3, 0.4) is 0 Å². The van der Waals surface area contributed by atoms with Gasteiger partial charge in [0.2, 0.25) is 0 Å². The Labute approximate surface area is 326 Å². The van der Waals surface area contributed by atoms with E-state index >= 15 is 0 Å². The van der Waals surface area contributed by atoms with Crippen LogP contribution in [0.15, 0.2) is 121 Å². The first kappa shape index (κ1) is 33.9. The minimum atomic E-state index is -0.464. The third-order valence-electron chi connectivity index (χ3n) is 12.8. The van der Waals surface area contributed by atoms with Crippen molar-refractivity contribution in [3.63, 3.8) is 0 Å². The summed E-state index contributed by atoms with van der Waals surface area (Å²) in [6.07, 6.45) is 0. The van der Waals surface area contributed by atoms with Crippen molar-refractivity contribution in [1.82, 2.24) is 4.57 Å². The Morgan fingerprint density at radius 1 is 0.491 bits per heavy atom. The average molecular weight is 722 g/mol. The molecule has 4 heterocycles. The van der Waals surface area contributed by atoms with E-state index in [4.69, 9.17) is 0 Å². The van der Waals surface area contributed by atoms with Gasteiger partial charge in [-0.15, -0.1) is 0 Å². The first-order chi connectivity index (χ1) is 26.2. The van der Waals surface area contributed by atoms with Gasteiger partial charge in [-0.1, -0.05) is 96.1 Å². The zero-order valence-electron chi connectivity index (χ0n) is 33.7. The smallest absolute Gasteiger partial charge is 0.0950 e. The molecule has 5 nitrogen and oxygen atoms in total. The summed E-state index contributed by atoms with van der Waals surface area (Å²) in [4.78, 5) is 9.69. The van der Waals surface area contributed by atoms with Gasteiger partial charge in [0.25, 0.3) is 0 Å². The molecule has 6 aromatic carbocycles. The van der Waals surface area contributed by atoms with E-state index in [1.807, 2.05) is 0 Å². The Bertz CT molecular complexity index is 2700. The fourth-order valence-corrected chi connectivity index (χ4v) is 9.62. The zero-order valence-corrected chi connectivity index (χ0v) is 33.7. The standard InChI is InChI=1S/C50H51N5/c1-48(2,3)32-21-23-41-38(28-32)37-15-14-16-39-47(37)55(41)42-24-22-35(53-30-51(8)43-17-10-12-19-45(43)53)29-40(42)50(39,7)34-25-33(49(4,5)6)26-36(27-34)54-31-52(9)44-18-11-13-20-46(44)54/h10-29H,30-31H2,1-9H3. The fourth-order valence-electron chi connectivity index (χ4n) is 9.62. The summed E-state index contributed by atoms with van der Waals surface area (Å²) in [6, 6.07) is 46.5. The molecule has 10 rings (SSSR count). The largest absolute Gasteiger partial charge is 0.355 e. The number of para-hydroxylation sites is 5. The minimum absolute atomic E-state index is 0.0486. The highest BCUT2D eigenvalue weighted by Gasteiger charge is 2.42. The summed E-state index contributed by atoms with van der Waals surface area (Å²) in [6.45, 7) is 18.1. The number of anilines is 6. The summed E-state index contributed by atoms with van der Waals surface area (Å²) in [5, 5.41) is 2.64. The Kier molecular flexibility index (Phi) is 7.03.